The minimum absolute atomic E-state index is 0.0287. The SMILES string of the molecule is O=C([O-])CCc1nnc(SCC(=O)Nc2ccc(F)c(Cl)c2)[nH]c1=O. The maximum Gasteiger partial charge on any atom is 0.273 e. The van der Waals surface area contributed by atoms with Crippen LogP contribution in [0.4, 0.5) is 10.1 Å². The summed E-state index contributed by atoms with van der Waals surface area (Å²) in [4.78, 5) is 36.3. The molecule has 0 unspecified atom stereocenters. The number of aliphatic carboxylic acids is 1. The standard InChI is InChI=1S/C14H12ClFN4O4S/c15-8-5-7(1-2-9(8)16)17-11(21)6-25-14-18-13(24)10(19-20-14)3-4-12(22)23/h1-2,5H,3-4,6H2,(H,17,21)(H,22,23)(H,18,20,24)/p-1. The minimum atomic E-state index is -1.29. The van der Waals surface area contributed by atoms with Gasteiger partial charge in [0.05, 0.1) is 10.8 Å². The average Bonchev–Trinajstić information content (AvgIpc) is 2.55. The van der Waals surface area contributed by atoms with Crippen LogP contribution in [0.25, 0.3) is 0 Å². The number of aromatic amines is 1. The number of anilines is 1. The fourth-order valence-corrected chi connectivity index (χ4v) is 2.48. The number of rotatable bonds is 7. The number of aromatic nitrogens is 3. The number of hydrogen-bond donors (Lipinski definition) is 2. The topological polar surface area (TPSA) is 128 Å². The molecule has 25 heavy (non-hydrogen) atoms. The van der Waals surface area contributed by atoms with Gasteiger partial charge in [-0.2, -0.15) is 0 Å². The third-order valence-electron chi connectivity index (χ3n) is 2.85. The maximum atomic E-state index is 13.0. The summed E-state index contributed by atoms with van der Waals surface area (Å²) in [5.41, 5.74) is -0.280. The van der Waals surface area contributed by atoms with Crippen LogP contribution >= 0.6 is 23.4 Å². The lowest BCUT2D eigenvalue weighted by atomic mass is 10.2. The van der Waals surface area contributed by atoms with Crippen LogP contribution in [0.5, 0.6) is 0 Å². The second-order valence-corrected chi connectivity index (χ2v) is 6.11. The molecule has 0 aliphatic carbocycles. The summed E-state index contributed by atoms with van der Waals surface area (Å²) in [6.07, 6.45) is -0.436. The summed E-state index contributed by atoms with van der Waals surface area (Å²) >= 11 is 6.54. The average molecular weight is 386 g/mol. The van der Waals surface area contributed by atoms with Crippen LogP contribution in [0.15, 0.2) is 28.2 Å². The molecule has 0 saturated carbocycles. The highest BCUT2D eigenvalue weighted by molar-refractivity contribution is 7.99. The van der Waals surface area contributed by atoms with Crippen molar-refractivity contribution in [3.63, 3.8) is 0 Å². The molecule has 1 amide bonds. The lowest BCUT2D eigenvalue weighted by Crippen LogP contribution is -2.25. The number of carbonyl (C=O) groups is 2. The van der Waals surface area contributed by atoms with Gasteiger partial charge < -0.3 is 15.2 Å². The Kier molecular flexibility index (Phi) is 6.48. The zero-order valence-electron chi connectivity index (χ0n) is 12.5. The zero-order chi connectivity index (χ0) is 18.4. The quantitative estimate of drug-likeness (QED) is 0.659. The molecule has 0 aliphatic rings. The van der Waals surface area contributed by atoms with Gasteiger partial charge in [-0.05, 0) is 24.6 Å². The predicted molar refractivity (Wildman–Crippen MR) is 86.7 cm³/mol. The highest BCUT2D eigenvalue weighted by Crippen LogP contribution is 2.19. The van der Waals surface area contributed by atoms with E-state index in [2.05, 4.69) is 20.5 Å². The van der Waals surface area contributed by atoms with E-state index in [9.17, 15) is 23.9 Å². The molecule has 1 aromatic heterocycles. The van der Waals surface area contributed by atoms with Crippen molar-refractivity contribution >= 4 is 40.9 Å². The second-order valence-electron chi connectivity index (χ2n) is 4.74. The van der Waals surface area contributed by atoms with Gasteiger partial charge in [0.2, 0.25) is 5.91 Å². The molecule has 2 N–H and O–H groups in total. The van der Waals surface area contributed by atoms with Crippen LogP contribution in [0, 0.1) is 5.82 Å². The fraction of sp³-hybridized carbons (Fsp3) is 0.214. The molecular weight excluding hydrogens is 375 g/mol. The molecule has 0 fully saturated rings. The van der Waals surface area contributed by atoms with E-state index in [-0.39, 0.29) is 34.5 Å². The van der Waals surface area contributed by atoms with Crippen LogP contribution < -0.4 is 16.0 Å². The number of hydrogen-bond acceptors (Lipinski definition) is 7. The third-order valence-corrected chi connectivity index (χ3v) is 4.01. The first-order valence-corrected chi connectivity index (χ1v) is 8.25. The Morgan fingerprint density at radius 1 is 1.36 bits per heavy atom. The summed E-state index contributed by atoms with van der Waals surface area (Å²) in [5, 5.41) is 20.2. The summed E-state index contributed by atoms with van der Waals surface area (Å²) in [7, 11) is 0. The van der Waals surface area contributed by atoms with Crippen molar-refractivity contribution in [1.29, 1.82) is 0 Å². The first-order valence-electron chi connectivity index (χ1n) is 6.88. The van der Waals surface area contributed by atoms with Crippen LogP contribution in [-0.2, 0) is 16.0 Å². The zero-order valence-corrected chi connectivity index (χ0v) is 14.1. The minimum Gasteiger partial charge on any atom is -0.550 e. The normalized spacial score (nSPS) is 10.5. The van der Waals surface area contributed by atoms with Gasteiger partial charge in [-0.15, -0.1) is 10.2 Å². The van der Waals surface area contributed by atoms with Gasteiger partial charge in [-0.25, -0.2) is 4.39 Å². The Labute approximate surface area is 149 Å². The molecule has 1 heterocycles. The summed E-state index contributed by atoms with van der Waals surface area (Å²) in [5.74, 6) is -2.40. The molecule has 2 aromatic rings. The van der Waals surface area contributed by atoms with E-state index in [1.165, 1.54) is 12.1 Å². The van der Waals surface area contributed by atoms with E-state index < -0.39 is 23.3 Å². The first kappa shape index (κ1) is 18.9. The third kappa shape index (κ3) is 5.84. The van der Waals surface area contributed by atoms with Gasteiger partial charge in [-0.3, -0.25) is 14.6 Å². The molecule has 132 valence electrons. The molecular formula is C14H11ClFN4O4S-. The number of amides is 1. The highest BCUT2D eigenvalue weighted by atomic mass is 35.5. The molecule has 8 nitrogen and oxygen atoms in total. The molecule has 0 radical (unpaired) electrons. The van der Waals surface area contributed by atoms with Crippen molar-refractivity contribution in [1.82, 2.24) is 15.2 Å². The van der Waals surface area contributed by atoms with E-state index in [1.807, 2.05) is 0 Å². The fourth-order valence-electron chi connectivity index (χ4n) is 1.70. The van der Waals surface area contributed by atoms with E-state index in [1.54, 1.807) is 0 Å². The summed E-state index contributed by atoms with van der Waals surface area (Å²) in [6.45, 7) is 0. The maximum absolute atomic E-state index is 13.0. The van der Waals surface area contributed by atoms with Crippen molar-refractivity contribution in [2.24, 2.45) is 0 Å². The molecule has 0 bridgehead atoms. The Balaban J connectivity index is 1.90. The Morgan fingerprint density at radius 2 is 2.12 bits per heavy atom. The van der Waals surface area contributed by atoms with E-state index in [0.717, 1.165) is 17.8 Å². The number of thioether (sulfide) groups is 1. The number of H-pyrrole nitrogens is 1. The lowest BCUT2D eigenvalue weighted by Gasteiger charge is -2.06. The van der Waals surface area contributed by atoms with Crippen molar-refractivity contribution in [3.05, 3.63) is 45.1 Å². The Bertz CT molecular complexity index is 861. The number of carboxylic acids is 1. The van der Waals surface area contributed by atoms with Gasteiger partial charge in [0.1, 0.15) is 11.5 Å². The largest absolute Gasteiger partial charge is 0.550 e. The van der Waals surface area contributed by atoms with Gasteiger partial charge in [0, 0.05) is 18.1 Å². The Hall–Kier alpha value is -2.46. The van der Waals surface area contributed by atoms with Gasteiger partial charge >= 0.3 is 0 Å². The smallest absolute Gasteiger partial charge is 0.273 e. The highest BCUT2D eigenvalue weighted by Gasteiger charge is 2.09. The van der Waals surface area contributed by atoms with Crippen LogP contribution in [0.1, 0.15) is 12.1 Å². The number of nitrogens with one attached hydrogen (secondary N) is 2. The van der Waals surface area contributed by atoms with Crippen LogP contribution in [0.3, 0.4) is 0 Å². The number of nitrogens with zero attached hydrogens (tertiary/aromatic N) is 2. The molecule has 0 saturated heterocycles. The second kappa shape index (κ2) is 8.58. The van der Waals surface area contributed by atoms with Gasteiger partial charge in [0.25, 0.3) is 5.56 Å². The first-order chi connectivity index (χ1) is 11.8. The van der Waals surface area contributed by atoms with Crippen molar-refractivity contribution in [3.8, 4) is 0 Å². The summed E-state index contributed by atoms with van der Waals surface area (Å²) in [6, 6.07) is 3.75. The van der Waals surface area contributed by atoms with Crippen LogP contribution in [-0.4, -0.2) is 32.8 Å². The molecule has 0 spiro atoms. The molecule has 0 atom stereocenters. The molecule has 2 rings (SSSR count). The van der Waals surface area contributed by atoms with E-state index in [0.29, 0.717) is 5.69 Å². The number of halogens is 2. The predicted octanol–water partition coefficient (Wildman–Crippen LogP) is 0.371. The molecule has 11 heteroatoms. The summed E-state index contributed by atoms with van der Waals surface area (Å²) < 4.78 is 13.0. The molecule has 1 aromatic carbocycles. The van der Waals surface area contributed by atoms with E-state index >= 15 is 0 Å². The van der Waals surface area contributed by atoms with Crippen LogP contribution in [0.2, 0.25) is 5.02 Å². The van der Waals surface area contributed by atoms with Crippen molar-refractivity contribution < 1.29 is 19.1 Å². The lowest BCUT2D eigenvalue weighted by molar-refractivity contribution is -0.305. The van der Waals surface area contributed by atoms with Crippen molar-refractivity contribution in [2.45, 2.75) is 18.0 Å². The van der Waals surface area contributed by atoms with Gasteiger partial charge in [0.15, 0.2) is 5.16 Å². The number of aryl methyl sites for hydroxylation is 1. The Morgan fingerprint density at radius 3 is 2.76 bits per heavy atom. The number of carboxylic acid groups (broad SMARTS) is 1. The van der Waals surface area contributed by atoms with Gasteiger partial charge in [-0.1, -0.05) is 23.4 Å². The van der Waals surface area contributed by atoms with Crippen molar-refractivity contribution in [2.75, 3.05) is 11.1 Å². The van der Waals surface area contributed by atoms with E-state index in [4.69, 9.17) is 11.6 Å². The molecule has 0 aliphatic heterocycles. The monoisotopic (exact) mass is 385 g/mol. The number of carbonyl (C=O) groups excluding carboxylic acids is 2. The number of benzene rings is 1.